The Bertz CT molecular complexity index is 1120. The van der Waals surface area contributed by atoms with E-state index in [4.69, 9.17) is 25.7 Å². The van der Waals surface area contributed by atoms with Gasteiger partial charge in [-0.15, -0.1) is 0 Å². The van der Waals surface area contributed by atoms with E-state index in [1.165, 1.54) is 46.4 Å². The van der Waals surface area contributed by atoms with Gasteiger partial charge in [0.1, 0.15) is 19.3 Å². The molecule has 5 aliphatic rings. The number of rotatable bonds is 10. The molecule has 3 fully saturated rings. The fourth-order valence-electron chi connectivity index (χ4n) is 6.43. The van der Waals surface area contributed by atoms with Crippen LogP contribution in [0.1, 0.15) is 26.2 Å². The smallest absolute Gasteiger partial charge is 0.410 e. The lowest BCUT2D eigenvalue weighted by molar-refractivity contribution is -0.144. The second-order valence-corrected chi connectivity index (χ2v) is 13.0. The van der Waals surface area contributed by atoms with Gasteiger partial charge >= 0.3 is 12.2 Å². The maximum absolute atomic E-state index is 13.2. The maximum atomic E-state index is 13.2. The molecule has 0 spiro atoms. The van der Waals surface area contributed by atoms with Crippen molar-refractivity contribution in [3.8, 4) is 0 Å². The molecule has 0 saturated carbocycles. The third-order valence-corrected chi connectivity index (χ3v) is 10.7. The standard InChI is InChI=1S/C25H35N5O7S2/c1-14-18(26)21(32)17-15(13-37-23(27)33)25(35-2)22-16(12-29(25)19(17)20(14)31)30(22)24(34)36-9-11-39-38-10-8-28-6-4-3-5-7-28/h15-16,22H,3-13,26H2,1-2H3,(H2,27,33)/t15-,16+,22+,25-,30?/m1/s1. The Kier molecular flexibility index (Phi) is 8.09. The molecular formula is C25H35N5O7S2. The fourth-order valence-corrected chi connectivity index (χ4v) is 8.29. The van der Waals surface area contributed by atoms with Crippen LogP contribution < -0.4 is 11.5 Å². The molecule has 0 unspecified atom stereocenters. The predicted octanol–water partition coefficient (Wildman–Crippen LogP) is 1.07. The van der Waals surface area contributed by atoms with E-state index in [2.05, 4.69) is 4.90 Å². The second-order valence-electron chi connectivity index (χ2n) is 10.3. The first-order valence-corrected chi connectivity index (χ1v) is 15.7. The van der Waals surface area contributed by atoms with Crippen molar-refractivity contribution in [1.29, 1.82) is 0 Å². The molecule has 14 heteroatoms. The van der Waals surface area contributed by atoms with Gasteiger partial charge in [-0.05, 0) is 32.9 Å². The van der Waals surface area contributed by atoms with Gasteiger partial charge in [-0.2, -0.15) is 0 Å². The largest absolute Gasteiger partial charge is 0.449 e. The molecule has 214 valence electrons. The summed E-state index contributed by atoms with van der Waals surface area (Å²) in [4.78, 5) is 56.7. The number of piperazine rings is 1. The number of fused-ring (bicyclic) bond motifs is 4. The average Bonchev–Trinajstić information content (AvgIpc) is 3.44. The topological polar surface area (TPSA) is 158 Å². The van der Waals surface area contributed by atoms with E-state index in [-0.39, 0.29) is 54.1 Å². The summed E-state index contributed by atoms with van der Waals surface area (Å²) in [7, 11) is 4.91. The van der Waals surface area contributed by atoms with Crippen molar-refractivity contribution < 1.29 is 33.4 Å². The molecule has 39 heavy (non-hydrogen) atoms. The van der Waals surface area contributed by atoms with Crippen molar-refractivity contribution >= 4 is 45.3 Å². The normalized spacial score (nSPS) is 29.9. The Hall–Kier alpha value is -2.42. The summed E-state index contributed by atoms with van der Waals surface area (Å²) in [5.74, 6) is -0.0569. The number of nitrogens with two attached hydrogens (primary N) is 2. The number of methoxy groups -OCH3 is 1. The quantitative estimate of drug-likeness (QED) is 0.164. The van der Waals surface area contributed by atoms with Gasteiger partial charge in [0.2, 0.25) is 11.6 Å². The number of ketones is 2. The Balaban J connectivity index is 1.20. The Labute approximate surface area is 235 Å². The average molecular weight is 582 g/mol. The number of amides is 2. The van der Waals surface area contributed by atoms with E-state index in [0.717, 1.165) is 12.3 Å². The van der Waals surface area contributed by atoms with Gasteiger partial charge in [0.05, 0.1) is 23.4 Å². The first kappa shape index (κ1) is 28.1. The van der Waals surface area contributed by atoms with Crippen LogP contribution >= 0.6 is 21.6 Å². The minimum Gasteiger partial charge on any atom is -0.449 e. The van der Waals surface area contributed by atoms with Crippen molar-refractivity contribution in [3.63, 3.8) is 0 Å². The van der Waals surface area contributed by atoms with Gasteiger partial charge in [-0.25, -0.2) is 9.59 Å². The number of carbonyl (C=O) groups excluding carboxylic acids is 4. The summed E-state index contributed by atoms with van der Waals surface area (Å²) in [5.41, 5.74) is 10.2. The summed E-state index contributed by atoms with van der Waals surface area (Å²) < 4.78 is 16.7. The minimum atomic E-state index is -1.29. The SMILES string of the molecule is CO[C@@]12[C@H](COC(N)=O)C3=C(C(=O)C(C)=C(N)C3=O)N1C[C@H]1[C@@H]2N1C(=O)OCCSSCCN1CCCCC1. The van der Waals surface area contributed by atoms with E-state index >= 15 is 0 Å². The van der Waals surface area contributed by atoms with Gasteiger partial charge in [0.15, 0.2) is 5.72 Å². The van der Waals surface area contributed by atoms with Gasteiger partial charge in [0, 0.05) is 42.9 Å². The zero-order valence-corrected chi connectivity index (χ0v) is 23.8. The lowest BCUT2D eigenvalue weighted by Crippen LogP contribution is -2.56. The Morgan fingerprint density at radius 2 is 1.79 bits per heavy atom. The molecule has 0 bridgehead atoms. The lowest BCUT2D eigenvalue weighted by atomic mass is 9.82. The van der Waals surface area contributed by atoms with Crippen LogP contribution in [0.25, 0.3) is 0 Å². The fraction of sp³-hybridized carbons (Fsp3) is 0.680. The molecule has 4 atom stereocenters. The summed E-state index contributed by atoms with van der Waals surface area (Å²) in [6.07, 6.45) is 2.38. The molecule has 0 aromatic heterocycles. The van der Waals surface area contributed by atoms with Crippen molar-refractivity contribution in [1.82, 2.24) is 14.7 Å². The van der Waals surface area contributed by atoms with Crippen LogP contribution in [0.15, 0.2) is 22.5 Å². The van der Waals surface area contributed by atoms with Crippen molar-refractivity contribution in [3.05, 3.63) is 22.5 Å². The number of primary amides is 1. The van der Waals surface area contributed by atoms with Crippen LogP contribution in [0.5, 0.6) is 0 Å². The molecule has 4 N–H and O–H groups in total. The minimum absolute atomic E-state index is 0.128. The van der Waals surface area contributed by atoms with E-state index in [1.807, 2.05) is 0 Å². The monoisotopic (exact) mass is 581 g/mol. The molecule has 2 amide bonds. The van der Waals surface area contributed by atoms with Crippen LogP contribution in [0.4, 0.5) is 9.59 Å². The van der Waals surface area contributed by atoms with Gasteiger partial charge in [-0.3, -0.25) is 14.5 Å². The number of nitrogens with zero attached hydrogens (tertiary/aromatic N) is 3. The lowest BCUT2D eigenvalue weighted by Gasteiger charge is -2.40. The number of piperidine rings is 1. The van der Waals surface area contributed by atoms with Gasteiger partial charge < -0.3 is 35.5 Å². The number of carbonyl (C=O) groups is 4. The number of hydrogen-bond acceptors (Lipinski definition) is 12. The molecule has 1 aliphatic carbocycles. The van der Waals surface area contributed by atoms with E-state index < -0.39 is 35.7 Å². The molecule has 4 heterocycles. The highest BCUT2D eigenvalue weighted by molar-refractivity contribution is 8.76. The zero-order valence-electron chi connectivity index (χ0n) is 22.2. The highest BCUT2D eigenvalue weighted by Crippen LogP contribution is 2.59. The van der Waals surface area contributed by atoms with Crippen LogP contribution in [0.2, 0.25) is 0 Å². The number of Topliss-reactive ketones (excluding diaryl/α,β-unsaturated/α-hetero) is 2. The molecule has 4 aliphatic heterocycles. The van der Waals surface area contributed by atoms with E-state index in [1.54, 1.807) is 31.4 Å². The predicted molar refractivity (Wildman–Crippen MR) is 145 cm³/mol. The zero-order chi connectivity index (χ0) is 27.9. The second kappa shape index (κ2) is 11.2. The molecule has 12 nitrogen and oxygen atoms in total. The molecule has 3 saturated heterocycles. The number of allylic oxidation sites excluding steroid dienone is 2. The Morgan fingerprint density at radius 1 is 1.08 bits per heavy atom. The third kappa shape index (κ3) is 4.78. The van der Waals surface area contributed by atoms with Crippen LogP contribution in [0.3, 0.4) is 0 Å². The number of hydrogen-bond donors (Lipinski definition) is 2. The highest BCUT2D eigenvalue weighted by atomic mass is 33.1. The third-order valence-electron chi connectivity index (χ3n) is 8.31. The van der Waals surface area contributed by atoms with Crippen LogP contribution in [0, 0.1) is 5.92 Å². The number of likely N-dealkylation sites (tertiary alicyclic amines) is 1. The van der Waals surface area contributed by atoms with Crippen molar-refractivity contribution in [2.75, 3.05) is 58.0 Å². The highest BCUT2D eigenvalue weighted by Gasteiger charge is 2.78. The van der Waals surface area contributed by atoms with Crippen LogP contribution in [-0.2, 0) is 23.8 Å². The van der Waals surface area contributed by atoms with E-state index in [0.29, 0.717) is 5.75 Å². The van der Waals surface area contributed by atoms with Gasteiger partial charge in [0.25, 0.3) is 0 Å². The van der Waals surface area contributed by atoms with Crippen molar-refractivity contribution in [2.45, 2.75) is 44.0 Å². The van der Waals surface area contributed by atoms with E-state index in [9.17, 15) is 19.2 Å². The molecule has 0 aromatic carbocycles. The molecule has 0 aromatic rings. The summed E-state index contributed by atoms with van der Waals surface area (Å²) in [5, 5.41) is 0. The van der Waals surface area contributed by atoms with Gasteiger partial charge in [-0.1, -0.05) is 28.0 Å². The molecular weight excluding hydrogens is 546 g/mol. The molecule has 5 rings (SSSR count). The Morgan fingerprint density at radius 3 is 2.49 bits per heavy atom. The first-order valence-electron chi connectivity index (χ1n) is 13.2. The maximum Gasteiger partial charge on any atom is 0.410 e. The summed E-state index contributed by atoms with van der Waals surface area (Å²) >= 11 is 0. The van der Waals surface area contributed by atoms with Crippen LogP contribution in [-0.4, -0.2) is 114 Å². The summed E-state index contributed by atoms with van der Waals surface area (Å²) in [6, 6.07) is -0.781. The summed E-state index contributed by atoms with van der Waals surface area (Å²) in [6.45, 7) is 5.18. The van der Waals surface area contributed by atoms with Crippen molar-refractivity contribution in [2.24, 2.45) is 17.4 Å². The first-order chi connectivity index (χ1) is 18.7. The number of ether oxygens (including phenoxy) is 3. The molecule has 0 radical (unpaired) electrons.